The van der Waals surface area contributed by atoms with Crippen molar-refractivity contribution in [1.82, 2.24) is 10.6 Å². The molecule has 6 nitrogen and oxygen atoms in total. The number of anilines is 1. The Balaban J connectivity index is 0.00000364. The number of carbonyl (C=O) groups excluding carboxylic acids is 1. The van der Waals surface area contributed by atoms with Gasteiger partial charge in [0.2, 0.25) is 0 Å². The van der Waals surface area contributed by atoms with E-state index in [-0.39, 0.29) is 40.7 Å². The number of benzene rings is 1. The molecule has 0 aliphatic carbocycles. The molecule has 0 radical (unpaired) electrons. The smallest absolute Gasteiger partial charge is 0.253 e. The van der Waals surface area contributed by atoms with Crippen molar-refractivity contribution in [2.24, 2.45) is 4.99 Å². The van der Waals surface area contributed by atoms with Gasteiger partial charge in [0.1, 0.15) is 6.10 Å². The van der Waals surface area contributed by atoms with Gasteiger partial charge in [0, 0.05) is 37.2 Å². The van der Waals surface area contributed by atoms with Crippen LogP contribution in [-0.4, -0.2) is 49.2 Å². The lowest BCUT2D eigenvalue weighted by Gasteiger charge is -2.23. The Hall–Kier alpha value is -1.00. The molecule has 1 unspecified atom stereocenters. The number of halogens is 1. The van der Waals surface area contributed by atoms with Crippen LogP contribution in [0, 0.1) is 0 Å². The first-order chi connectivity index (χ1) is 12.4. The second-order valence-electron chi connectivity index (χ2n) is 6.93. The van der Waals surface area contributed by atoms with Crippen LogP contribution < -0.4 is 16.0 Å². The molecule has 0 spiro atoms. The number of hydrogen-bond donors (Lipinski definition) is 3. The van der Waals surface area contributed by atoms with E-state index in [4.69, 9.17) is 4.74 Å². The van der Waals surface area contributed by atoms with Crippen molar-refractivity contribution >= 4 is 53.3 Å². The van der Waals surface area contributed by atoms with Crippen molar-refractivity contribution in [3.05, 3.63) is 29.8 Å². The van der Waals surface area contributed by atoms with Gasteiger partial charge in [0.25, 0.3) is 5.91 Å². The maximum absolute atomic E-state index is 12.2. The number of thioether (sulfide) groups is 1. The van der Waals surface area contributed by atoms with E-state index in [1.54, 1.807) is 7.05 Å². The van der Waals surface area contributed by atoms with Crippen LogP contribution in [0.3, 0.4) is 0 Å². The average molecular weight is 506 g/mol. The number of guanidine groups is 1. The third-order valence-corrected chi connectivity index (χ3v) is 5.58. The predicted molar refractivity (Wildman–Crippen MR) is 125 cm³/mol. The summed E-state index contributed by atoms with van der Waals surface area (Å²) in [5.74, 6) is 0.699. The minimum atomic E-state index is -0.320. The van der Waals surface area contributed by atoms with E-state index in [0.29, 0.717) is 13.2 Å². The SMILES string of the molecule is CN=C(NCc1cccc(NC(=O)C2CCCO2)c1)NCC(C)(C)SC.I. The number of ether oxygens (including phenoxy) is 1. The highest BCUT2D eigenvalue weighted by Gasteiger charge is 2.23. The van der Waals surface area contributed by atoms with Crippen molar-refractivity contribution in [2.75, 3.05) is 31.8 Å². The molecule has 0 saturated carbocycles. The van der Waals surface area contributed by atoms with Crippen LogP contribution in [0.15, 0.2) is 29.3 Å². The lowest BCUT2D eigenvalue weighted by Crippen LogP contribution is -2.43. The van der Waals surface area contributed by atoms with Gasteiger partial charge in [-0.25, -0.2) is 0 Å². The second-order valence-corrected chi connectivity index (χ2v) is 8.45. The fraction of sp³-hybridized carbons (Fsp3) is 0.579. The molecule has 8 heteroatoms. The summed E-state index contributed by atoms with van der Waals surface area (Å²) in [7, 11) is 1.76. The van der Waals surface area contributed by atoms with E-state index in [9.17, 15) is 4.79 Å². The van der Waals surface area contributed by atoms with Crippen LogP contribution >= 0.6 is 35.7 Å². The zero-order valence-corrected chi connectivity index (χ0v) is 19.6. The van der Waals surface area contributed by atoms with Gasteiger partial charge in [-0.2, -0.15) is 11.8 Å². The van der Waals surface area contributed by atoms with Gasteiger partial charge < -0.3 is 20.7 Å². The third kappa shape index (κ3) is 8.27. The summed E-state index contributed by atoms with van der Waals surface area (Å²) in [5, 5.41) is 9.60. The number of hydrogen-bond acceptors (Lipinski definition) is 4. The van der Waals surface area contributed by atoms with E-state index < -0.39 is 0 Å². The third-order valence-electron chi connectivity index (χ3n) is 4.33. The largest absolute Gasteiger partial charge is 0.368 e. The van der Waals surface area contributed by atoms with Crippen LogP contribution in [0.25, 0.3) is 0 Å². The first kappa shape index (κ1) is 24.0. The lowest BCUT2D eigenvalue weighted by molar-refractivity contribution is -0.124. The average Bonchev–Trinajstić information content (AvgIpc) is 3.17. The van der Waals surface area contributed by atoms with Crippen LogP contribution in [0.1, 0.15) is 32.3 Å². The Morgan fingerprint density at radius 2 is 2.15 bits per heavy atom. The molecule has 1 aliphatic rings. The van der Waals surface area contributed by atoms with Crippen molar-refractivity contribution in [1.29, 1.82) is 0 Å². The molecule has 0 bridgehead atoms. The number of nitrogens with zero attached hydrogens (tertiary/aromatic N) is 1. The van der Waals surface area contributed by atoms with Crippen LogP contribution in [0.5, 0.6) is 0 Å². The van der Waals surface area contributed by atoms with E-state index in [0.717, 1.165) is 36.6 Å². The highest BCUT2D eigenvalue weighted by molar-refractivity contribution is 14.0. The summed E-state index contributed by atoms with van der Waals surface area (Å²) in [5.41, 5.74) is 1.86. The second kappa shape index (κ2) is 11.8. The maximum atomic E-state index is 12.2. The topological polar surface area (TPSA) is 74.8 Å². The minimum absolute atomic E-state index is 0. The van der Waals surface area contributed by atoms with Gasteiger partial charge in [-0.1, -0.05) is 12.1 Å². The summed E-state index contributed by atoms with van der Waals surface area (Å²) in [6, 6.07) is 7.83. The standard InChI is InChI=1S/C19H30N4O2S.HI/c1-19(2,26-4)13-22-18(20-3)21-12-14-7-5-8-15(11-14)23-17(24)16-9-6-10-25-16;/h5,7-8,11,16H,6,9-10,12-13H2,1-4H3,(H,23,24)(H2,20,21,22);1H. The van der Waals surface area contributed by atoms with Gasteiger partial charge in [-0.05, 0) is 50.6 Å². The van der Waals surface area contributed by atoms with E-state index in [1.165, 1.54) is 0 Å². The minimum Gasteiger partial charge on any atom is -0.368 e. The molecule has 0 aromatic heterocycles. The number of amides is 1. The molecule has 1 heterocycles. The van der Waals surface area contributed by atoms with Gasteiger partial charge >= 0.3 is 0 Å². The molecule has 2 rings (SSSR count). The van der Waals surface area contributed by atoms with Crippen molar-refractivity contribution in [3.8, 4) is 0 Å². The number of rotatable bonds is 7. The highest BCUT2D eigenvalue weighted by atomic mass is 127. The molecular weight excluding hydrogens is 475 g/mol. The summed E-state index contributed by atoms with van der Waals surface area (Å²) < 4.78 is 5.57. The van der Waals surface area contributed by atoms with Crippen molar-refractivity contribution < 1.29 is 9.53 Å². The first-order valence-corrected chi connectivity index (χ1v) is 10.2. The molecule has 152 valence electrons. The molecule has 1 atom stereocenters. The summed E-state index contributed by atoms with van der Waals surface area (Å²) >= 11 is 1.82. The maximum Gasteiger partial charge on any atom is 0.253 e. The molecule has 1 aromatic carbocycles. The van der Waals surface area contributed by atoms with Gasteiger partial charge in [-0.3, -0.25) is 9.79 Å². The van der Waals surface area contributed by atoms with Gasteiger partial charge in [0.15, 0.2) is 5.96 Å². The zero-order valence-electron chi connectivity index (χ0n) is 16.5. The monoisotopic (exact) mass is 506 g/mol. The van der Waals surface area contributed by atoms with Gasteiger partial charge in [0.05, 0.1) is 0 Å². The van der Waals surface area contributed by atoms with Crippen LogP contribution in [-0.2, 0) is 16.1 Å². The fourth-order valence-corrected chi connectivity index (χ4v) is 2.76. The highest BCUT2D eigenvalue weighted by Crippen LogP contribution is 2.19. The summed E-state index contributed by atoms with van der Waals surface area (Å²) in [4.78, 5) is 16.4. The Bertz CT molecular complexity index is 634. The summed E-state index contributed by atoms with van der Waals surface area (Å²) in [6.45, 7) is 6.51. The number of nitrogens with one attached hydrogen (secondary N) is 3. The molecule has 1 amide bonds. The molecule has 1 aromatic rings. The van der Waals surface area contributed by atoms with E-state index in [1.807, 2.05) is 36.0 Å². The lowest BCUT2D eigenvalue weighted by atomic mass is 10.2. The molecule has 1 fully saturated rings. The molecule has 3 N–H and O–H groups in total. The van der Waals surface area contributed by atoms with E-state index >= 15 is 0 Å². The number of aliphatic imine (C=N–C) groups is 1. The van der Waals surface area contributed by atoms with Gasteiger partial charge in [-0.15, -0.1) is 24.0 Å². The molecule has 27 heavy (non-hydrogen) atoms. The fourth-order valence-electron chi connectivity index (χ4n) is 2.54. The zero-order chi connectivity index (χ0) is 19.0. The quantitative estimate of drug-likeness (QED) is 0.301. The van der Waals surface area contributed by atoms with Crippen molar-refractivity contribution in [3.63, 3.8) is 0 Å². The Kier molecular flexibility index (Phi) is 10.5. The van der Waals surface area contributed by atoms with Crippen LogP contribution in [0.4, 0.5) is 5.69 Å². The Morgan fingerprint density at radius 1 is 1.37 bits per heavy atom. The Labute approximate surface area is 183 Å². The molecule has 1 saturated heterocycles. The predicted octanol–water partition coefficient (Wildman–Crippen LogP) is 3.23. The normalized spacial score (nSPS) is 17.2. The summed E-state index contributed by atoms with van der Waals surface area (Å²) in [6.07, 6.45) is 3.52. The molecular formula is C19H31IN4O2S. The number of carbonyl (C=O) groups is 1. The van der Waals surface area contributed by atoms with E-state index in [2.05, 4.69) is 41.0 Å². The molecule has 1 aliphatic heterocycles. The van der Waals surface area contributed by atoms with Crippen molar-refractivity contribution in [2.45, 2.75) is 44.1 Å². The Morgan fingerprint density at radius 3 is 2.78 bits per heavy atom. The van der Waals surface area contributed by atoms with Crippen LogP contribution in [0.2, 0.25) is 0 Å². The first-order valence-electron chi connectivity index (χ1n) is 8.94.